The summed E-state index contributed by atoms with van der Waals surface area (Å²) in [7, 11) is 0. The summed E-state index contributed by atoms with van der Waals surface area (Å²) in [5.74, 6) is -1.58. The van der Waals surface area contributed by atoms with Crippen LogP contribution in [0.1, 0.15) is 27.6 Å². The van der Waals surface area contributed by atoms with Crippen molar-refractivity contribution in [3.05, 3.63) is 101 Å². The number of hydrogen-bond acceptors (Lipinski definition) is 5. The molecule has 0 spiro atoms. The fraction of sp³-hybridized carbons (Fsp3) is 0.0455. The van der Waals surface area contributed by atoms with Gasteiger partial charge in [0.25, 0.3) is 5.91 Å². The highest BCUT2D eigenvalue weighted by atomic mass is 19.1. The monoisotopic (exact) mass is 392 g/mol. The first-order chi connectivity index (χ1) is 14.0. The number of aliphatic hydroxyl groups is 1. The highest BCUT2D eigenvalue weighted by Crippen LogP contribution is 2.15. The maximum Gasteiger partial charge on any atom is 0.343 e. The Bertz CT molecular complexity index is 1020. The lowest BCUT2D eigenvalue weighted by molar-refractivity contribution is -0.129. The minimum atomic E-state index is -1.32. The topological polar surface area (TPSA) is 88.0 Å². The number of aliphatic hydroxyl groups excluding tert-OH is 1. The van der Waals surface area contributed by atoms with Crippen LogP contribution in [0.3, 0.4) is 0 Å². The van der Waals surface area contributed by atoms with E-state index in [2.05, 4.69) is 10.5 Å². The standard InChI is InChI=1S/C22H17FN2O4/c23-18-8-4-7-17(13-18)22(28)29-19-11-9-15(10-12-19)14-24-25-21(27)20(26)16-5-2-1-3-6-16/h1-14,20,26H,(H,25,27). The van der Waals surface area contributed by atoms with Crippen LogP contribution in [0.4, 0.5) is 4.39 Å². The molecule has 1 unspecified atom stereocenters. The minimum absolute atomic E-state index is 0.107. The van der Waals surface area contributed by atoms with Crippen LogP contribution in [0.25, 0.3) is 0 Å². The third-order valence-corrected chi connectivity index (χ3v) is 3.90. The average Bonchev–Trinajstić information content (AvgIpc) is 2.75. The Morgan fingerprint density at radius 2 is 1.72 bits per heavy atom. The van der Waals surface area contributed by atoms with E-state index in [1.54, 1.807) is 54.6 Å². The van der Waals surface area contributed by atoms with Crippen molar-refractivity contribution in [3.63, 3.8) is 0 Å². The third-order valence-electron chi connectivity index (χ3n) is 3.90. The van der Waals surface area contributed by atoms with Crippen LogP contribution in [0, 0.1) is 5.82 Å². The van der Waals surface area contributed by atoms with Gasteiger partial charge in [-0.2, -0.15) is 5.10 Å². The van der Waals surface area contributed by atoms with Gasteiger partial charge in [0.15, 0.2) is 6.10 Å². The van der Waals surface area contributed by atoms with E-state index in [1.165, 1.54) is 24.4 Å². The van der Waals surface area contributed by atoms with Crippen LogP contribution >= 0.6 is 0 Å². The molecule has 146 valence electrons. The molecule has 0 radical (unpaired) electrons. The van der Waals surface area contributed by atoms with Gasteiger partial charge >= 0.3 is 5.97 Å². The molecule has 0 aliphatic rings. The van der Waals surface area contributed by atoms with Gasteiger partial charge in [-0.05, 0) is 53.6 Å². The lowest BCUT2D eigenvalue weighted by Crippen LogP contribution is -2.25. The number of rotatable bonds is 6. The molecule has 3 aromatic carbocycles. The lowest BCUT2D eigenvalue weighted by atomic mass is 10.1. The Morgan fingerprint density at radius 3 is 2.41 bits per heavy atom. The highest BCUT2D eigenvalue weighted by molar-refractivity contribution is 5.91. The van der Waals surface area contributed by atoms with E-state index in [1.807, 2.05) is 0 Å². The van der Waals surface area contributed by atoms with Gasteiger partial charge in [0.05, 0.1) is 11.8 Å². The summed E-state index contributed by atoms with van der Waals surface area (Å²) in [4.78, 5) is 23.9. The van der Waals surface area contributed by atoms with Crippen molar-refractivity contribution >= 4 is 18.1 Å². The summed E-state index contributed by atoms with van der Waals surface area (Å²) < 4.78 is 18.4. The van der Waals surface area contributed by atoms with Crippen LogP contribution in [-0.2, 0) is 4.79 Å². The molecule has 3 rings (SSSR count). The van der Waals surface area contributed by atoms with Crippen LogP contribution in [0.5, 0.6) is 5.75 Å². The number of ether oxygens (including phenoxy) is 1. The van der Waals surface area contributed by atoms with Gasteiger partial charge in [0.2, 0.25) is 0 Å². The SMILES string of the molecule is O=C(Oc1ccc(C=NNC(=O)C(O)c2ccccc2)cc1)c1cccc(F)c1. The first-order valence-electron chi connectivity index (χ1n) is 8.66. The molecule has 29 heavy (non-hydrogen) atoms. The Kier molecular flexibility index (Phi) is 6.44. The number of nitrogens with zero attached hydrogens (tertiary/aromatic N) is 1. The quantitative estimate of drug-likeness (QED) is 0.292. The van der Waals surface area contributed by atoms with Gasteiger partial charge in [0.1, 0.15) is 11.6 Å². The second-order valence-electron chi connectivity index (χ2n) is 6.02. The Morgan fingerprint density at radius 1 is 1.00 bits per heavy atom. The fourth-order valence-corrected chi connectivity index (χ4v) is 2.42. The highest BCUT2D eigenvalue weighted by Gasteiger charge is 2.16. The molecular formula is C22H17FN2O4. The van der Waals surface area contributed by atoms with Crippen molar-refractivity contribution in [1.29, 1.82) is 0 Å². The van der Waals surface area contributed by atoms with Crippen LogP contribution in [0.2, 0.25) is 0 Å². The predicted octanol–water partition coefficient (Wildman–Crippen LogP) is 3.23. The maximum absolute atomic E-state index is 13.2. The first-order valence-corrected chi connectivity index (χ1v) is 8.66. The minimum Gasteiger partial charge on any atom is -0.423 e. The molecule has 6 nitrogen and oxygen atoms in total. The van der Waals surface area contributed by atoms with Crippen LogP contribution in [-0.4, -0.2) is 23.2 Å². The molecule has 0 aliphatic heterocycles. The van der Waals surface area contributed by atoms with Crippen molar-refractivity contribution in [2.45, 2.75) is 6.10 Å². The molecule has 1 amide bonds. The number of hydrogen-bond donors (Lipinski definition) is 2. The van der Waals surface area contributed by atoms with Gasteiger partial charge < -0.3 is 9.84 Å². The zero-order valence-corrected chi connectivity index (χ0v) is 15.2. The number of carbonyl (C=O) groups is 2. The Hall–Kier alpha value is -3.84. The Labute approximate surface area is 166 Å². The largest absolute Gasteiger partial charge is 0.423 e. The van der Waals surface area contributed by atoms with Gasteiger partial charge in [0, 0.05) is 0 Å². The first kappa shape index (κ1) is 19.9. The number of nitrogens with one attached hydrogen (secondary N) is 1. The second kappa shape index (κ2) is 9.38. The van der Waals surface area contributed by atoms with Gasteiger partial charge in [-0.15, -0.1) is 0 Å². The molecule has 0 saturated carbocycles. The van der Waals surface area contributed by atoms with E-state index in [0.717, 1.165) is 6.07 Å². The number of benzene rings is 3. The molecule has 0 aliphatic carbocycles. The normalized spacial score (nSPS) is 11.8. The predicted molar refractivity (Wildman–Crippen MR) is 105 cm³/mol. The van der Waals surface area contributed by atoms with Crippen molar-refractivity contribution in [2.75, 3.05) is 0 Å². The van der Waals surface area contributed by atoms with Crippen molar-refractivity contribution in [3.8, 4) is 5.75 Å². The zero-order valence-electron chi connectivity index (χ0n) is 15.2. The van der Waals surface area contributed by atoms with E-state index in [0.29, 0.717) is 11.1 Å². The summed E-state index contributed by atoms with van der Waals surface area (Å²) in [6, 6.07) is 20.0. The van der Waals surface area contributed by atoms with E-state index >= 15 is 0 Å². The van der Waals surface area contributed by atoms with E-state index in [9.17, 15) is 19.1 Å². The number of carbonyl (C=O) groups excluding carboxylic acids is 2. The average molecular weight is 392 g/mol. The van der Waals surface area contributed by atoms with Crippen LogP contribution in [0.15, 0.2) is 84.0 Å². The maximum atomic E-state index is 13.2. The molecule has 0 saturated heterocycles. The molecule has 3 aromatic rings. The third kappa shape index (κ3) is 5.57. The zero-order chi connectivity index (χ0) is 20.6. The number of esters is 1. The molecule has 1 atom stereocenters. The van der Waals surface area contributed by atoms with Crippen molar-refractivity contribution < 1.29 is 23.8 Å². The molecule has 7 heteroatoms. The molecule has 0 aromatic heterocycles. The summed E-state index contributed by atoms with van der Waals surface area (Å²) in [6.07, 6.45) is 0.0614. The van der Waals surface area contributed by atoms with Gasteiger partial charge in [-0.1, -0.05) is 36.4 Å². The molecular weight excluding hydrogens is 375 g/mol. The van der Waals surface area contributed by atoms with E-state index < -0.39 is 23.8 Å². The van der Waals surface area contributed by atoms with Crippen molar-refractivity contribution in [2.24, 2.45) is 5.10 Å². The van der Waals surface area contributed by atoms with Crippen LogP contribution < -0.4 is 10.2 Å². The molecule has 0 heterocycles. The van der Waals surface area contributed by atoms with E-state index in [-0.39, 0.29) is 11.3 Å². The number of hydrazone groups is 1. The van der Waals surface area contributed by atoms with Gasteiger partial charge in [-0.25, -0.2) is 14.6 Å². The summed E-state index contributed by atoms with van der Waals surface area (Å²) in [5, 5.41) is 13.8. The van der Waals surface area contributed by atoms with Crippen molar-refractivity contribution in [1.82, 2.24) is 5.43 Å². The molecule has 0 fully saturated rings. The Balaban J connectivity index is 1.55. The molecule has 2 N–H and O–H groups in total. The summed E-state index contributed by atoms with van der Waals surface area (Å²) in [5.41, 5.74) is 3.46. The number of amides is 1. The van der Waals surface area contributed by atoms with Gasteiger partial charge in [-0.3, -0.25) is 4.79 Å². The smallest absolute Gasteiger partial charge is 0.343 e. The van der Waals surface area contributed by atoms with E-state index in [4.69, 9.17) is 4.74 Å². The lowest BCUT2D eigenvalue weighted by Gasteiger charge is -2.08. The fourth-order valence-electron chi connectivity index (χ4n) is 2.42. The second-order valence-corrected chi connectivity index (χ2v) is 6.02. The molecule has 0 bridgehead atoms. The number of halogens is 1. The summed E-state index contributed by atoms with van der Waals surface area (Å²) >= 11 is 0. The summed E-state index contributed by atoms with van der Waals surface area (Å²) in [6.45, 7) is 0.